The molecule has 1 heterocycles. The van der Waals surface area contributed by atoms with Crippen LogP contribution in [0.4, 0.5) is 5.69 Å². The molecule has 0 unspecified atom stereocenters. The van der Waals surface area contributed by atoms with Crippen molar-refractivity contribution in [3.8, 4) is 5.75 Å². The molecule has 2 aromatic carbocycles. The monoisotopic (exact) mass is 394 g/mol. The molecule has 2 aromatic rings. The van der Waals surface area contributed by atoms with Gasteiger partial charge in [-0.1, -0.05) is 29.8 Å². The lowest BCUT2D eigenvalue weighted by Gasteiger charge is -2.37. The van der Waals surface area contributed by atoms with Crippen molar-refractivity contribution in [1.82, 2.24) is 4.31 Å². The van der Waals surface area contributed by atoms with Gasteiger partial charge in [-0.25, -0.2) is 8.42 Å². The molecular weight excluding hydrogens is 372 g/mol. The van der Waals surface area contributed by atoms with Crippen molar-refractivity contribution in [3.05, 3.63) is 52.5 Å². The average Bonchev–Trinajstić information content (AvgIpc) is 2.62. The third-order valence-corrected chi connectivity index (χ3v) is 6.96. The van der Waals surface area contributed by atoms with Gasteiger partial charge in [-0.3, -0.25) is 0 Å². The zero-order valence-corrected chi connectivity index (χ0v) is 16.8. The van der Waals surface area contributed by atoms with Crippen molar-refractivity contribution in [2.75, 3.05) is 38.2 Å². The molecule has 1 aliphatic rings. The Hall–Kier alpha value is -1.76. The van der Waals surface area contributed by atoms with Crippen molar-refractivity contribution in [3.63, 3.8) is 0 Å². The summed E-state index contributed by atoms with van der Waals surface area (Å²) in [6, 6.07) is 10.8. The molecule has 5 nitrogen and oxygen atoms in total. The van der Waals surface area contributed by atoms with E-state index in [0.717, 1.165) is 0 Å². The quantitative estimate of drug-likeness (QED) is 0.796. The third kappa shape index (κ3) is 3.54. The van der Waals surface area contributed by atoms with Crippen LogP contribution in [0.15, 0.2) is 41.3 Å². The lowest BCUT2D eigenvalue weighted by atomic mass is 10.1. The zero-order valence-electron chi connectivity index (χ0n) is 15.2. The van der Waals surface area contributed by atoms with E-state index in [2.05, 4.69) is 30.9 Å². The number of methoxy groups -OCH3 is 1. The number of piperazine rings is 1. The third-order valence-electron chi connectivity index (χ3n) is 4.75. The second kappa shape index (κ2) is 7.47. The number of ether oxygens (including phenoxy) is 1. The molecule has 0 radical (unpaired) electrons. The molecule has 1 saturated heterocycles. The second-order valence-corrected chi connectivity index (χ2v) is 8.77. The molecule has 3 rings (SSSR count). The molecule has 0 bridgehead atoms. The van der Waals surface area contributed by atoms with E-state index in [0.29, 0.717) is 37.0 Å². The number of halogens is 1. The van der Waals surface area contributed by atoms with Crippen LogP contribution in [0, 0.1) is 13.8 Å². The number of hydrogen-bond acceptors (Lipinski definition) is 4. The lowest BCUT2D eigenvalue weighted by Crippen LogP contribution is -2.49. The van der Waals surface area contributed by atoms with E-state index in [1.165, 1.54) is 40.4 Å². The number of benzene rings is 2. The van der Waals surface area contributed by atoms with Gasteiger partial charge in [-0.05, 0) is 37.1 Å². The highest BCUT2D eigenvalue weighted by Gasteiger charge is 2.29. The minimum atomic E-state index is -3.57. The summed E-state index contributed by atoms with van der Waals surface area (Å²) in [5.41, 5.74) is 3.63. The summed E-state index contributed by atoms with van der Waals surface area (Å²) in [4.78, 5) is 2.47. The predicted molar refractivity (Wildman–Crippen MR) is 105 cm³/mol. The van der Waals surface area contributed by atoms with Crippen LogP contribution in [0.25, 0.3) is 0 Å². The van der Waals surface area contributed by atoms with Crippen LogP contribution >= 0.6 is 11.6 Å². The van der Waals surface area contributed by atoms with Crippen LogP contribution in [0.5, 0.6) is 5.75 Å². The van der Waals surface area contributed by atoms with Gasteiger partial charge in [0.2, 0.25) is 10.0 Å². The Morgan fingerprint density at radius 1 is 1.00 bits per heavy atom. The molecule has 0 N–H and O–H groups in total. The van der Waals surface area contributed by atoms with E-state index >= 15 is 0 Å². The van der Waals surface area contributed by atoms with Crippen LogP contribution in [0.3, 0.4) is 0 Å². The Bertz CT molecular complexity index is 887. The smallest absolute Gasteiger partial charge is 0.243 e. The molecule has 0 aliphatic carbocycles. The largest absolute Gasteiger partial charge is 0.495 e. The molecule has 0 amide bonds. The van der Waals surface area contributed by atoms with Crippen LogP contribution < -0.4 is 9.64 Å². The number of nitrogens with zero attached hydrogens (tertiary/aromatic N) is 2. The molecule has 0 spiro atoms. The minimum Gasteiger partial charge on any atom is -0.495 e. The molecule has 0 aromatic heterocycles. The summed E-state index contributed by atoms with van der Waals surface area (Å²) in [5.74, 6) is 0.363. The van der Waals surface area contributed by atoms with Gasteiger partial charge in [0.15, 0.2) is 0 Å². The summed E-state index contributed by atoms with van der Waals surface area (Å²) in [7, 11) is -2.10. The number of rotatable bonds is 4. The minimum absolute atomic E-state index is 0.208. The highest BCUT2D eigenvalue weighted by atomic mass is 35.5. The number of anilines is 1. The summed E-state index contributed by atoms with van der Waals surface area (Å²) >= 11 is 6.01. The Morgan fingerprint density at radius 3 is 2.19 bits per heavy atom. The maximum atomic E-state index is 13.0. The molecule has 0 atom stereocenters. The molecule has 26 heavy (non-hydrogen) atoms. The van der Waals surface area contributed by atoms with Crippen LogP contribution in [-0.2, 0) is 10.0 Å². The van der Waals surface area contributed by atoms with Gasteiger partial charge < -0.3 is 9.64 Å². The summed E-state index contributed by atoms with van der Waals surface area (Å²) < 4.78 is 32.6. The number of sulfonamides is 1. The summed E-state index contributed by atoms with van der Waals surface area (Å²) in [6.07, 6.45) is 0. The average molecular weight is 395 g/mol. The standard InChI is InChI=1S/C19H23ClN2O3S/c1-14-5-4-6-15(2)19(14)21-9-11-22(12-10-21)26(23,24)16-7-8-17(20)18(13-16)25-3/h4-8,13H,9-12H2,1-3H3. The molecule has 7 heteroatoms. The van der Waals surface area contributed by atoms with Crippen molar-refractivity contribution < 1.29 is 13.2 Å². The van der Waals surface area contributed by atoms with Gasteiger partial charge in [0.05, 0.1) is 17.0 Å². The predicted octanol–water partition coefficient (Wildman–Crippen LogP) is 3.48. The first-order valence-corrected chi connectivity index (χ1v) is 10.3. The van der Waals surface area contributed by atoms with Gasteiger partial charge in [-0.2, -0.15) is 4.31 Å². The van der Waals surface area contributed by atoms with E-state index in [-0.39, 0.29) is 4.90 Å². The molecule has 1 aliphatic heterocycles. The topological polar surface area (TPSA) is 49.9 Å². The Labute approximate surface area is 160 Å². The fraction of sp³-hybridized carbons (Fsp3) is 0.368. The summed E-state index contributed by atoms with van der Waals surface area (Å²) in [5, 5.41) is 0.395. The van der Waals surface area contributed by atoms with E-state index in [1.54, 1.807) is 6.07 Å². The van der Waals surface area contributed by atoms with Crippen molar-refractivity contribution in [2.45, 2.75) is 18.7 Å². The van der Waals surface area contributed by atoms with E-state index in [9.17, 15) is 8.42 Å². The number of aryl methyl sites for hydroxylation is 2. The Balaban J connectivity index is 1.79. The van der Waals surface area contributed by atoms with Crippen LogP contribution in [0.2, 0.25) is 5.02 Å². The van der Waals surface area contributed by atoms with Crippen molar-refractivity contribution >= 4 is 27.3 Å². The fourth-order valence-electron chi connectivity index (χ4n) is 3.41. The van der Waals surface area contributed by atoms with Crippen molar-refractivity contribution in [2.24, 2.45) is 0 Å². The number of para-hydroxylation sites is 1. The van der Waals surface area contributed by atoms with E-state index in [4.69, 9.17) is 16.3 Å². The van der Waals surface area contributed by atoms with Gasteiger partial charge >= 0.3 is 0 Å². The normalized spacial score (nSPS) is 15.9. The highest BCUT2D eigenvalue weighted by molar-refractivity contribution is 7.89. The van der Waals surface area contributed by atoms with Crippen LogP contribution in [-0.4, -0.2) is 46.0 Å². The fourth-order valence-corrected chi connectivity index (χ4v) is 5.04. The molecule has 140 valence electrons. The molecule has 1 fully saturated rings. The maximum Gasteiger partial charge on any atom is 0.243 e. The Morgan fingerprint density at radius 2 is 1.62 bits per heavy atom. The molecule has 0 saturated carbocycles. The van der Waals surface area contributed by atoms with E-state index in [1.807, 2.05) is 6.07 Å². The van der Waals surface area contributed by atoms with Crippen LogP contribution in [0.1, 0.15) is 11.1 Å². The highest BCUT2D eigenvalue weighted by Crippen LogP contribution is 2.30. The van der Waals surface area contributed by atoms with Gasteiger partial charge in [0.25, 0.3) is 0 Å². The first kappa shape index (κ1) is 19.0. The number of hydrogen-bond donors (Lipinski definition) is 0. The zero-order chi connectivity index (χ0) is 18.9. The second-order valence-electron chi connectivity index (χ2n) is 6.43. The maximum absolute atomic E-state index is 13.0. The first-order valence-electron chi connectivity index (χ1n) is 8.49. The van der Waals surface area contributed by atoms with Crippen molar-refractivity contribution in [1.29, 1.82) is 0 Å². The lowest BCUT2D eigenvalue weighted by molar-refractivity contribution is 0.383. The SMILES string of the molecule is COc1cc(S(=O)(=O)N2CCN(c3c(C)cccc3C)CC2)ccc1Cl. The van der Waals surface area contributed by atoms with Gasteiger partial charge in [0.1, 0.15) is 5.75 Å². The van der Waals surface area contributed by atoms with Gasteiger partial charge in [-0.15, -0.1) is 0 Å². The first-order chi connectivity index (χ1) is 12.3. The molecular formula is C19H23ClN2O3S. The van der Waals surface area contributed by atoms with Gasteiger partial charge in [0, 0.05) is 37.9 Å². The summed E-state index contributed by atoms with van der Waals surface area (Å²) in [6.45, 7) is 6.39. The Kier molecular flexibility index (Phi) is 5.46. The van der Waals surface area contributed by atoms with E-state index < -0.39 is 10.0 Å².